The van der Waals surface area contributed by atoms with E-state index in [4.69, 9.17) is 4.74 Å². The average molecular weight is 187 g/mol. The van der Waals surface area contributed by atoms with Gasteiger partial charge in [-0.1, -0.05) is 0 Å². The molecule has 1 aliphatic rings. The van der Waals surface area contributed by atoms with Gasteiger partial charge in [0.25, 0.3) is 0 Å². The predicted octanol–water partition coefficient (Wildman–Crippen LogP) is 0.770. The Morgan fingerprint density at radius 3 is 3.25 bits per heavy atom. The maximum Gasteiger partial charge on any atom is 0.332 e. The Morgan fingerprint density at radius 2 is 2.67 bits per heavy atom. The Morgan fingerprint density at radius 1 is 1.83 bits per heavy atom. The van der Waals surface area contributed by atoms with Crippen molar-refractivity contribution in [3.05, 3.63) is 11.8 Å². The van der Waals surface area contributed by atoms with Crippen LogP contribution in [-0.4, -0.2) is 30.6 Å². The summed E-state index contributed by atoms with van der Waals surface area (Å²) >= 11 is 1.82. The number of esters is 1. The second-order valence-electron chi connectivity index (χ2n) is 2.40. The molecule has 1 rings (SSSR count). The van der Waals surface area contributed by atoms with Gasteiger partial charge in [-0.3, -0.25) is 0 Å². The lowest BCUT2D eigenvalue weighted by Crippen LogP contribution is -2.24. The molecule has 1 aliphatic heterocycles. The van der Waals surface area contributed by atoms with Crippen molar-refractivity contribution in [3.8, 4) is 0 Å². The lowest BCUT2D eigenvalue weighted by atomic mass is 10.4. The normalized spacial score (nSPS) is 20.2. The van der Waals surface area contributed by atoms with Crippen LogP contribution >= 0.6 is 11.8 Å². The van der Waals surface area contributed by atoms with Crippen molar-refractivity contribution in [3.63, 3.8) is 0 Å². The molecule has 0 aromatic heterocycles. The molecule has 1 fully saturated rings. The molecule has 1 N–H and O–H groups in total. The largest absolute Gasteiger partial charge is 0.463 e. The predicted molar refractivity (Wildman–Crippen MR) is 50.0 cm³/mol. The summed E-state index contributed by atoms with van der Waals surface area (Å²) in [4.78, 5) is 11.0. The van der Waals surface area contributed by atoms with E-state index >= 15 is 0 Å². The minimum atomic E-state index is -0.248. The van der Waals surface area contributed by atoms with Crippen LogP contribution in [0.3, 0.4) is 0 Å². The van der Waals surface area contributed by atoms with Crippen molar-refractivity contribution >= 4 is 17.7 Å². The van der Waals surface area contributed by atoms with E-state index in [0.717, 1.165) is 23.7 Å². The van der Waals surface area contributed by atoms with Gasteiger partial charge in [0.1, 0.15) is 0 Å². The van der Waals surface area contributed by atoms with Crippen LogP contribution in [0.5, 0.6) is 0 Å². The third-order valence-electron chi connectivity index (χ3n) is 1.43. The summed E-state index contributed by atoms with van der Waals surface area (Å²) in [6.07, 6.45) is 1.54. The quantitative estimate of drug-likeness (QED) is 0.512. The Labute approximate surface area is 76.5 Å². The van der Waals surface area contributed by atoms with Crippen LogP contribution in [0.1, 0.15) is 6.92 Å². The van der Waals surface area contributed by atoms with Gasteiger partial charge in [-0.2, -0.15) is 11.8 Å². The zero-order valence-corrected chi connectivity index (χ0v) is 7.95. The minimum absolute atomic E-state index is 0.248. The molecular formula is C8H13NO2S. The molecule has 1 saturated heterocycles. The smallest absolute Gasteiger partial charge is 0.332 e. The Hall–Kier alpha value is -0.640. The number of carbonyl (C=O) groups excluding carboxylic acids is 1. The Bertz CT molecular complexity index is 183. The summed E-state index contributed by atoms with van der Waals surface area (Å²) < 4.78 is 4.78. The molecule has 0 atom stereocenters. The highest BCUT2D eigenvalue weighted by Crippen LogP contribution is 2.09. The third kappa shape index (κ3) is 3.17. The first-order valence-corrected chi connectivity index (χ1v) is 5.17. The van der Waals surface area contributed by atoms with E-state index in [2.05, 4.69) is 5.32 Å². The van der Waals surface area contributed by atoms with E-state index in [1.807, 2.05) is 11.8 Å². The summed E-state index contributed by atoms with van der Waals surface area (Å²) in [5.74, 6) is 1.75. The molecule has 1 heterocycles. The van der Waals surface area contributed by atoms with E-state index in [0.29, 0.717) is 6.61 Å². The van der Waals surface area contributed by atoms with Gasteiger partial charge in [0.2, 0.25) is 0 Å². The van der Waals surface area contributed by atoms with Gasteiger partial charge in [0.15, 0.2) is 0 Å². The highest BCUT2D eigenvalue weighted by Gasteiger charge is 2.06. The standard InChI is InChI=1S/C8H13NO2S/c1-2-11-8(10)5-7-6-12-4-3-9-7/h5,9H,2-4,6H2,1H3. The summed E-state index contributed by atoms with van der Waals surface area (Å²) in [5.41, 5.74) is 0.977. The van der Waals surface area contributed by atoms with Crippen LogP contribution < -0.4 is 5.32 Å². The molecular weight excluding hydrogens is 174 g/mol. The van der Waals surface area contributed by atoms with Crippen LogP contribution in [0.15, 0.2) is 11.8 Å². The number of ether oxygens (including phenoxy) is 1. The molecule has 0 saturated carbocycles. The van der Waals surface area contributed by atoms with E-state index in [-0.39, 0.29) is 5.97 Å². The molecule has 0 aliphatic carbocycles. The first-order valence-electron chi connectivity index (χ1n) is 4.02. The Balaban J connectivity index is 2.37. The molecule has 0 amide bonds. The summed E-state index contributed by atoms with van der Waals surface area (Å²) in [6, 6.07) is 0. The van der Waals surface area contributed by atoms with Crippen molar-refractivity contribution in [2.75, 3.05) is 24.7 Å². The molecule has 3 nitrogen and oxygen atoms in total. The second kappa shape index (κ2) is 5.09. The van der Waals surface area contributed by atoms with Crippen molar-refractivity contribution in [1.82, 2.24) is 5.32 Å². The fourth-order valence-corrected chi connectivity index (χ4v) is 1.73. The molecule has 0 aromatic rings. The van der Waals surface area contributed by atoms with Crippen LogP contribution in [0.4, 0.5) is 0 Å². The lowest BCUT2D eigenvalue weighted by Gasteiger charge is -2.15. The summed E-state index contributed by atoms with van der Waals surface area (Å²) in [5, 5.41) is 3.15. The topological polar surface area (TPSA) is 38.3 Å². The highest BCUT2D eigenvalue weighted by molar-refractivity contribution is 7.99. The number of hydrogen-bond donors (Lipinski definition) is 1. The molecule has 12 heavy (non-hydrogen) atoms. The van der Waals surface area contributed by atoms with Gasteiger partial charge >= 0.3 is 5.97 Å². The van der Waals surface area contributed by atoms with E-state index < -0.39 is 0 Å². The van der Waals surface area contributed by atoms with Crippen LogP contribution in [-0.2, 0) is 9.53 Å². The fraction of sp³-hybridized carbons (Fsp3) is 0.625. The van der Waals surface area contributed by atoms with Gasteiger partial charge in [0, 0.05) is 29.8 Å². The highest BCUT2D eigenvalue weighted by atomic mass is 32.2. The fourth-order valence-electron chi connectivity index (χ4n) is 0.936. The number of thioether (sulfide) groups is 1. The van der Waals surface area contributed by atoms with Crippen LogP contribution in [0.2, 0.25) is 0 Å². The molecule has 0 bridgehead atoms. The SMILES string of the molecule is CCOC(=O)C=C1CSCCN1. The number of hydrogen-bond acceptors (Lipinski definition) is 4. The van der Waals surface area contributed by atoms with Crippen molar-refractivity contribution in [1.29, 1.82) is 0 Å². The first kappa shape index (κ1) is 9.45. The van der Waals surface area contributed by atoms with Gasteiger partial charge < -0.3 is 10.1 Å². The monoisotopic (exact) mass is 187 g/mol. The first-order chi connectivity index (χ1) is 5.83. The number of carbonyl (C=O) groups is 1. The molecule has 4 heteroatoms. The average Bonchev–Trinajstić information content (AvgIpc) is 2.06. The van der Waals surface area contributed by atoms with E-state index in [1.54, 1.807) is 6.92 Å². The van der Waals surface area contributed by atoms with Gasteiger partial charge in [-0.05, 0) is 6.92 Å². The van der Waals surface area contributed by atoms with Gasteiger partial charge in [0.05, 0.1) is 6.61 Å². The minimum Gasteiger partial charge on any atom is -0.463 e. The lowest BCUT2D eigenvalue weighted by molar-refractivity contribution is -0.137. The van der Waals surface area contributed by atoms with Gasteiger partial charge in [-0.15, -0.1) is 0 Å². The molecule has 0 spiro atoms. The molecule has 0 unspecified atom stereocenters. The van der Waals surface area contributed by atoms with Crippen molar-refractivity contribution < 1.29 is 9.53 Å². The summed E-state index contributed by atoms with van der Waals surface area (Å²) in [7, 11) is 0. The van der Waals surface area contributed by atoms with Crippen molar-refractivity contribution in [2.24, 2.45) is 0 Å². The summed E-state index contributed by atoms with van der Waals surface area (Å²) in [6.45, 7) is 3.19. The molecule has 0 radical (unpaired) electrons. The maximum atomic E-state index is 11.0. The van der Waals surface area contributed by atoms with E-state index in [9.17, 15) is 4.79 Å². The second-order valence-corrected chi connectivity index (χ2v) is 3.51. The zero-order valence-electron chi connectivity index (χ0n) is 7.13. The van der Waals surface area contributed by atoms with E-state index in [1.165, 1.54) is 6.08 Å². The third-order valence-corrected chi connectivity index (χ3v) is 2.44. The van der Waals surface area contributed by atoms with Crippen molar-refractivity contribution in [2.45, 2.75) is 6.92 Å². The van der Waals surface area contributed by atoms with Gasteiger partial charge in [-0.25, -0.2) is 4.79 Å². The Kier molecular flexibility index (Phi) is 4.00. The zero-order chi connectivity index (χ0) is 8.81. The number of rotatable bonds is 2. The maximum absolute atomic E-state index is 11.0. The van der Waals surface area contributed by atoms with Crippen LogP contribution in [0, 0.1) is 0 Å². The molecule has 68 valence electrons. The molecule has 0 aromatic carbocycles. The number of nitrogens with one attached hydrogen (secondary N) is 1. The van der Waals surface area contributed by atoms with Crippen LogP contribution in [0.25, 0.3) is 0 Å².